The maximum atomic E-state index is 12.3. The normalized spacial score (nSPS) is 15.3. The number of rotatable bonds is 8. The standard InChI is InChI=1S/C17H26ClN3OS/c1-2-10-21(14-15-7-8-16(18)23-15)17(22)19-9-6-13-20-11-4-3-5-12-20/h2,7-8H,1,3-6,9-14H2,(H,19,22). The first-order valence-corrected chi connectivity index (χ1v) is 9.48. The van der Waals surface area contributed by atoms with Gasteiger partial charge in [-0.2, -0.15) is 0 Å². The highest BCUT2D eigenvalue weighted by Gasteiger charge is 2.14. The number of piperidine rings is 1. The molecule has 1 aliphatic rings. The fraction of sp³-hybridized carbons (Fsp3) is 0.588. The van der Waals surface area contributed by atoms with Crippen LogP contribution in [-0.2, 0) is 6.54 Å². The molecule has 0 spiro atoms. The molecule has 0 aromatic carbocycles. The van der Waals surface area contributed by atoms with Crippen LogP contribution in [0.1, 0.15) is 30.6 Å². The molecule has 2 heterocycles. The van der Waals surface area contributed by atoms with Gasteiger partial charge < -0.3 is 15.1 Å². The van der Waals surface area contributed by atoms with Crippen LogP contribution in [0.2, 0.25) is 4.34 Å². The van der Waals surface area contributed by atoms with Gasteiger partial charge in [0, 0.05) is 18.0 Å². The van der Waals surface area contributed by atoms with E-state index in [1.165, 1.54) is 43.7 Å². The third-order valence-corrected chi connectivity index (χ3v) is 5.20. The molecule has 23 heavy (non-hydrogen) atoms. The average Bonchev–Trinajstić information content (AvgIpc) is 2.97. The Morgan fingerprint density at radius 1 is 1.39 bits per heavy atom. The number of hydrogen-bond donors (Lipinski definition) is 1. The smallest absolute Gasteiger partial charge is 0.318 e. The van der Waals surface area contributed by atoms with Crippen molar-refractivity contribution < 1.29 is 4.79 Å². The third-order valence-electron chi connectivity index (χ3n) is 3.99. The Kier molecular flexibility index (Phi) is 7.92. The van der Waals surface area contributed by atoms with Crippen LogP contribution >= 0.6 is 22.9 Å². The van der Waals surface area contributed by atoms with Gasteiger partial charge in [0.2, 0.25) is 0 Å². The molecule has 0 radical (unpaired) electrons. The van der Waals surface area contributed by atoms with E-state index in [1.807, 2.05) is 12.1 Å². The Labute approximate surface area is 148 Å². The van der Waals surface area contributed by atoms with Crippen molar-refractivity contribution in [3.63, 3.8) is 0 Å². The summed E-state index contributed by atoms with van der Waals surface area (Å²) in [4.78, 5) is 17.7. The average molecular weight is 356 g/mol. The van der Waals surface area contributed by atoms with Gasteiger partial charge in [0.25, 0.3) is 0 Å². The quantitative estimate of drug-likeness (QED) is 0.565. The van der Waals surface area contributed by atoms with Crippen LogP contribution in [0.15, 0.2) is 24.8 Å². The van der Waals surface area contributed by atoms with Crippen molar-refractivity contribution in [1.29, 1.82) is 0 Å². The summed E-state index contributed by atoms with van der Waals surface area (Å²) in [6.45, 7) is 9.04. The first-order valence-electron chi connectivity index (χ1n) is 8.29. The van der Waals surface area contributed by atoms with Crippen molar-refractivity contribution in [2.45, 2.75) is 32.2 Å². The van der Waals surface area contributed by atoms with Gasteiger partial charge in [0.15, 0.2) is 0 Å². The second-order valence-corrected chi connectivity index (χ2v) is 7.66. The molecule has 2 rings (SSSR count). The number of nitrogens with one attached hydrogen (secondary N) is 1. The van der Waals surface area contributed by atoms with Crippen molar-refractivity contribution in [2.75, 3.05) is 32.7 Å². The molecule has 0 unspecified atom stereocenters. The topological polar surface area (TPSA) is 35.6 Å². The number of amides is 2. The fourth-order valence-corrected chi connectivity index (χ4v) is 3.90. The number of thiophene rings is 1. The van der Waals surface area contributed by atoms with Gasteiger partial charge in [0.1, 0.15) is 0 Å². The van der Waals surface area contributed by atoms with E-state index in [0.717, 1.165) is 22.2 Å². The molecule has 6 heteroatoms. The number of urea groups is 1. The molecule has 128 valence electrons. The Morgan fingerprint density at radius 2 is 2.17 bits per heavy atom. The molecule has 1 saturated heterocycles. The lowest BCUT2D eigenvalue weighted by molar-refractivity contribution is 0.198. The molecule has 1 fully saturated rings. The molecule has 4 nitrogen and oxygen atoms in total. The molecular weight excluding hydrogens is 330 g/mol. The molecule has 1 aromatic rings. The van der Waals surface area contributed by atoms with Crippen LogP contribution in [0, 0.1) is 0 Å². The summed E-state index contributed by atoms with van der Waals surface area (Å²) in [5.41, 5.74) is 0. The highest BCUT2D eigenvalue weighted by Crippen LogP contribution is 2.22. The largest absolute Gasteiger partial charge is 0.338 e. The van der Waals surface area contributed by atoms with E-state index in [2.05, 4.69) is 16.8 Å². The Hall–Kier alpha value is -1.04. The second kappa shape index (κ2) is 9.96. The minimum atomic E-state index is -0.0342. The number of carbonyl (C=O) groups excluding carboxylic acids is 1. The third kappa shape index (κ3) is 6.53. The molecule has 0 bridgehead atoms. The summed E-state index contributed by atoms with van der Waals surface area (Å²) in [6, 6.07) is 3.80. The van der Waals surface area contributed by atoms with Gasteiger partial charge in [0.05, 0.1) is 10.9 Å². The molecule has 0 saturated carbocycles. The highest BCUT2D eigenvalue weighted by atomic mass is 35.5. The first kappa shape index (κ1) is 18.3. The van der Waals surface area contributed by atoms with Crippen LogP contribution in [0.4, 0.5) is 4.79 Å². The van der Waals surface area contributed by atoms with Crippen molar-refractivity contribution in [1.82, 2.24) is 15.1 Å². The molecule has 0 atom stereocenters. The van der Waals surface area contributed by atoms with E-state index in [1.54, 1.807) is 11.0 Å². The van der Waals surface area contributed by atoms with Gasteiger partial charge in [-0.25, -0.2) is 4.79 Å². The van der Waals surface area contributed by atoms with Gasteiger partial charge in [-0.15, -0.1) is 17.9 Å². The number of carbonyl (C=O) groups is 1. The van der Waals surface area contributed by atoms with Crippen molar-refractivity contribution in [2.24, 2.45) is 0 Å². The number of halogens is 1. The summed E-state index contributed by atoms with van der Waals surface area (Å²) in [5.74, 6) is 0. The number of likely N-dealkylation sites (tertiary alicyclic amines) is 1. The molecule has 2 amide bonds. The van der Waals surface area contributed by atoms with Crippen LogP contribution in [0.3, 0.4) is 0 Å². The summed E-state index contributed by atoms with van der Waals surface area (Å²) in [5, 5.41) is 3.02. The summed E-state index contributed by atoms with van der Waals surface area (Å²) in [6.07, 6.45) is 6.73. The summed E-state index contributed by atoms with van der Waals surface area (Å²) >= 11 is 7.46. The zero-order valence-corrected chi connectivity index (χ0v) is 15.2. The monoisotopic (exact) mass is 355 g/mol. The van der Waals surface area contributed by atoms with Crippen molar-refractivity contribution >= 4 is 29.0 Å². The summed E-state index contributed by atoms with van der Waals surface area (Å²) in [7, 11) is 0. The van der Waals surface area contributed by atoms with Gasteiger partial charge in [-0.1, -0.05) is 24.1 Å². The van der Waals surface area contributed by atoms with Crippen LogP contribution < -0.4 is 5.32 Å². The lowest BCUT2D eigenvalue weighted by atomic mass is 10.1. The molecule has 1 aromatic heterocycles. The molecule has 1 aliphatic heterocycles. The van der Waals surface area contributed by atoms with Crippen molar-refractivity contribution in [3.05, 3.63) is 34.0 Å². The van der Waals surface area contributed by atoms with Gasteiger partial charge in [-0.3, -0.25) is 0 Å². The van der Waals surface area contributed by atoms with Crippen molar-refractivity contribution in [3.8, 4) is 0 Å². The predicted octanol–water partition coefficient (Wildman–Crippen LogP) is 3.98. The van der Waals surface area contributed by atoms with Crippen LogP contribution in [0.25, 0.3) is 0 Å². The zero-order chi connectivity index (χ0) is 16.5. The van der Waals surface area contributed by atoms with Crippen LogP contribution in [-0.4, -0.2) is 48.6 Å². The van der Waals surface area contributed by atoms with Crippen LogP contribution in [0.5, 0.6) is 0 Å². The number of hydrogen-bond acceptors (Lipinski definition) is 3. The van der Waals surface area contributed by atoms with E-state index in [-0.39, 0.29) is 6.03 Å². The molecule has 1 N–H and O–H groups in total. The SMILES string of the molecule is C=CCN(Cc1ccc(Cl)s1)C(=O)NCCCN1CCCCC1. The van der Waals surface area contributed by atoms with Gasteiger partial charge in [-0.05, 0) is 51.0 Å². The maximum Gasteiger partial charge on any atom is 0.318 e. The highest BCUT2D eigenvalue weighted by molar-refractivity contribution is 7.16. The Morgan fingerprint density at radius 3 is 2.83 bits per heavy atom. The number of nitrogens with zero attached hydrogens (tertiary/aromatic N) is 2. The van der Waals surface area contributed by atoms with Gasteiger partial charge >= 0.3 is 6.03 Å². The Bertz CT molecular complexity index is 500. The zero-order valence-electron chi connectivity index (χ0n) is 13.6. The van der Waals surface area contributed by atoms with E-state index in [0.29, 0.717) is 19.6 Å². The van der Waals surface area contributed by atoms with E-state index >= 15 is 0 Å². The van der Waals surface area contributed by atoms with E-state index in [4.69, 9.17) is 11.6 Å². The molecule has 0 aliphatic carbocycles. The summed E-state index contributed by atoms with van der Waals surface area (Å²) < 4.78 is 0.750. The first-order chi connectivity index (χ1) is 11.2. The van der Waals surface area contributed by atoms with E-state index in [9.17, 15) is 4.79 Å². The lowest BCUT2D eigenvalue weighted by Crippen LogP contribution is -2.40. The fourth-order valence-electron chi connectivity index (χ4n) is 2.79. The molecular formula is C17H26ClN3OS. The lowest BCUT2D eigenvalue weighted by Gasteiger charge is -2.26. The second-order valence-electron chi connectivity index (χ2n) is 5.86. The minimum absolute atomic E-state index is 0.0342. The maximum absolute atomic E-state index is 12.3. The minimum Gasteiger partial charge on any atom is -0.338 e. The predicted molar refractivity (Wildman–Crippen MR) is 98.2 cm³/mol. The van der Waals surface area contributed by atoms with E-state index < -0.39 is 0 Å². The Balaban J connectivity index is 1.70.